The van der Waals surface area contributed by atoms with Crippen molar-refractivity contribution in [2.24, 2.45) is 11.8 Å². The normalized spacial score (nSPS) is 16.6. The zero-order valence-electron chi connectivity index (χ0n) is 23.2. The van der Waals surface area contributed by atoms with E-state index in [0.717, 1.165) is 15.0 Å². The first-order valence-corrected chi connectivity index (χ1v) is 14.5. The minimum atomic E-state index is -1.85. The van der Waals surface area contributed by atoms with Crippen LogP contribution < -0.4 is 5.32 Å². The number of amides is 3. The van der Waals surface area contributed by atoms with Crippen molar-refractivity contribution in [2.75, 3.05) is 19.8 Å². The van der Waals surface area contributed by atoms with E-state index in [0.29, 0.717) is 10.9 Å². The molecule has 1 saturated heterocycles. The third kappa shape index (κ3) is 7.91. The highest BCUT2D eigenvalue weighted by molar-refractivity contribution is 6.67. The number of nitrogens with one attached hydrogen (secondary N) is 1. The number of aromatic nitrogens is 1. The smallest absolute Gasteiger partial charge is 0.418 e. The van der Waals surface area contributed by atoms with Gasteiger partial charge in [0.2, 0.25) is 9.70 Å². The topological polar surface area (TPSA) is 136 Å². The number of alkyl carbamates (subject to hydrolysis) is 1. The van der Waals surface area contributed by atoms with Crippen LogP contribution in [0.5, 0.6) is 0 Å². The van der Waals surface area contributed by atoms with E-state index < -0.39 is 59.2 Å². The Morgan fingerprint density at radius 3 is 2.42 bits per heavy atom. The molecule has 0 spiro atoms. The van der Waals surface area contributed by atoms with E-state index in [2.05, 4.69) is 5.32 Å². The molecule has 2 aromatic carbocycles. The van der Waals surface area contributed by atoms with Crippen molar-refractivity contribution in [1.82, 2.24) is 14.8 Å². The van der Waals surface area contributed by atoms with Gasteiger partial charge in [0.15, 0.2) is 0 Å². The monoisotopic (exact) mass is 653 g/mol. The second-order valence-corrected chi connectivity index (χ2v) is 12.7. The molecular weight excluding hydrogens is 625 g/mol. The number of imide groups is 1. The van der Waals surface area contributed by atoms with Gasteiger partial charge in [-0.1, -0.05) is 97.2 Å². The van der Waals surface area contributed by atoms with E-state index in [1.54, 1.807) is 48.5 Å². The summed E-state index contributed by atoms with van der Waals surface area (Å²) in [5.74, 6) is -2.30. The Morgan fingerprint density at radius 2 is 1.74 bits per heavy atom. The van der Waals surface area contributed by atoms with Gasteiger partial charge in [0.25, 0.3) is 0 Å². The van der Waals surface area contributed by atoms with Gasteiger partial charge < -0.3 is 24.6 Å². The molecule has 11 nitrogen and oxygen atoms in total. The molecule has 3 aromatic rings. The summed E-state index contributed by atoms with van der Waals surface area (Å²) in [5, 5.41) is 14.6. The molecule has 0 bridgehead atoms. The maximum Gasteiger partial charge on any atom is 0.418 e. The Labute approximate surface area is 262 Å². The number of halogens is 3. The van der Waals surface area contributed by atoms with Gasteiger partial charge in [-0.3, -0.25) is 9.36 Å². The molecule has 0 saturated carbocycles. The van der Waals surface area contributed by atoms with Crippen LogP contribution in [0.1, 0.15) is 31.1 Å². The lowest BCUT2D eigenvalue weighted by Gasteiger charge is -2.29. The zero-order chi connectivity index (χ0) is 31.3. The van der Waals surface area contributed by atoms with Crippen LogP contribution in [0.4, 0.5) is 14.4 Å². The quantitative estimate of drug-likeness (QED) is 0.226. The number of aliphatic hydroxyl groups excluding tert-OH is 1. The average Bonchev–Trinajstić information content (AvgIpc) is 3.56. The number of rotatable bonds is 9. The molecule has 43 heavy (non-hydrogen) atoms. The molecule has 3 amide bonds. The lowest BCUT2D eigenvalue weighted by atomic mass is 9.92. The second-order valence-electron chi connectivity index (χ2n) is 10.2. The van der Waals surface area contributed by atoms with Crippen molar-refractivity contribution < 1.29 is 38.5 Å². The lowest BCUT2D eigenvalue weighted by molar-refractivity contribution is -0.137. The highest BCUT2D eigenvalue weighted by Gasteiger charge is 2.45. The van der Waals surface area contributed by atoms with Gasteiger partial charge in [-0.25, -0.2) is 19.3 Å². The molecule has 1 fully saturated rings. The minimum Gasteiger partial charge on any atom is -0.447 e. The Balaban J connectivity index is 1.63. The summed E-state index contributed by atoms with van der Waals surface area (Å²) in [6.45, 7) is 2.68. The van der Waals surface area contributed by atoms with Crippen molar-refractivity contribution in [2.45, 2.75) is 36.4 Å². The van der Waals surface area contributed by atoms with E-state index in [9.17, 15) is 24.3 Å². The van der Waals surface area contributed by atoms with Crippen LogP contribution in [0.25, 0.3) is 10.9 Å². The van der Waals surface area contributed by atoms with Crippen LogP contribution in [0.2, 0.25) is 0 Å². The Morgan fingerprint density at radius 1 is 1.07 bits per heavy atom. The van der Waals surface area contributed by atoms with Crippen molar-refractivity contribution in [3.63, 3.8) is 0 Å². The number of hydrogen-bond acceptors (Lipinski definition) is 8. The highest BCUT2D eigenvalue weighted by atomic mass is 35.6. The van der Waals surface area contributed by atoms with E-state index >= 15 is 0 Å². The van der Waals surface area contributed by atoms with Gasteiger partial charge >= 0.3 is 18.3 Å². The first-order chi connectivity index (χ1) is 20.4. The van der Waals surface area contributed by atoms with Crippen molar-refractivity contribution in [3.8, 4) is 0 Å². The molecule has 3 atom stereocenters. The zero-order valence-corrected chi connectivity index (χ0v) is 25.5. The van der Waals surface area contributed by atoms with E-state index in [1.165, 1.54) is 6.20 Å². The molecule has 1 aliphatic heterocycles. The fraction of sp³-hybridized carbons (Fsp3) is 0.379. The first-order valence-electron chi connectivity index (χ1n) is 13.3. The predicted octanol–water partition coefficient (Wildman–Crippen LogP) is 5.58. The third-order valence-corrected chi connectivity index (χ3v) is 7.24. The van der Waals surface area contributed by atoms with E-state index in [1.807, 2.05) is 19.9 Å². The number of ether oxygens (including phenoxy) is 3. The van der Waals surface area contributed by atoms with Gasteiger partial charge in [0.05, 0.1) is 23.6 Å². The van der Waals surface area contributed by atoms with Gasteiger partial charge in [-0.05, 0) is 17.5 Å². The minimum absolute atomic E-state index is 0.00798. The summed E-state index contributed by atoms with van der Waals surface area (Å²) >= 11 is 17.2. The third-order valence-electron chi connectivity index (χ3n) is 6.91. The van der Waals surface area contributed by atoms with E-state index in [-0.39, 0.29) is 24.7 Å². The number of cyclic esters (lactones) is 1. The second kappa shape index (κ2) is 13.9. The summed E-state index contributed by atoms with van der Waals surface area (Å²) in [4.78, 5) is 53.0. The van der Waals surface area contributed by atoms with Gasteiger partial charge in [0, 0.05) is 23.7 Å². The Hall–Kier alpha value is -3.51. The van der Waals surface area contributed by atoms with Crippen molar-refractivity contribution in [1.29, 1.82) is 0 Å². The summed E-state index contributed by atoms with van der Waals surface area (Å²) < 4.78 is 14.8. The van der Waals surface area contributed by atoms with Crippen LogP contribution in [0, 0.1) is 11.8 Å². The molecule has 2 heterocycles. The van der Waals surface area contributed by atoms with E-state index in [4.69, 9.17) is 49.0 Å². The average molecular weight is 655 g/mol. The molecule has 4 rings (SSSR count). The number of para-hydroxylation sites is 1. The van der Waals surface area contributed by atoms with Gasteiger partial charge in [0.1, 0.15) is 19.8 Å². The number of carbonyl (C=O) groups excluding carboxylic acids is 4. The standard InChI is InChI=1S/C29H30Cl3N3O8/c1-17(2)23-15-42-28(40)35(23)25(37)20(12-33-26(38)41-14-18-8-4-3-5-9-18)24(36)21-13-34(22-11-7-6-10-19(21)22)27(39)43-16-29(30,31)32/h3-11,13,17,20,23-24,36H,12,14-16H2,1-2H3,(H,33,38)/t20-,23+,24-/m1/s1. The van der Waals surface area contributed by atoms with Crippen molar-refractivity contribution in [3.05, 3.63) is 71.9 Å². The molecule has 0 radical (unpaired) electrons. The molecular formula is C29H30Cl3N3O8. The van der Waals surface area contributed by atoms with Crippen LogP contribution in [0.3, 0.4) is 0 Å². The fourth-order valence-corrected chi connectivity index (χ4v) is 4.85. The molecule has 0 unspecified atom stereocenters. The summed E-state index contributed by atoms with van der Waals surface area (Å²) in [6, 6.07) is 15.0. The number of aliphatic hydroxyl groups is 1. The number of alkyl halides is 3. The SMILES string of the molecule is CC(C)[C@@H]1COC(=O)N1C(=O)[C@H](CNC(=O)OCc1ccccc1)[C@@H](O)c1cn(C(=O)OCC(Cl)(Cl)Cl)c2ccccc12. The number of fused-ring (bicyclic) bond motifs is 1. The summed E-state index contributed by atoms with van der Waals surface area (Å²) in [5.41, 5.74) is 1.25. The summed E-state index contributed by atoms with van der Waals surface area (Å²) in [6.07, 6.45) is -2.89. The number of benzene rings is 2. The molecule has 1 aliphatic rings. The van der Waals surface area contributed by atoms with Crippen LogP contribution in [-0.4, -0.2) is 68.4 Å². The maximum atomic E-state index is 13.9. The molecule has 2 N–H and O–H groups in total. The molecule has 14 heteroatoms. The van der Waals surface area contributed by atoms with Gasteiger partial charge in [-0.2, -0.15) is 0 Å². The molecule has 230 valence electrons. The highest BCUT2D eigenvalue weighted by Crippen LogP contribution is 2.34. The van der Waals surface area contributed by atoms with Gasteiger partial charge in [-0.15, -0.1) is 0 Å². The van der Waals surface area contributed by atoms with Crippen LogP contribution in [0.15, 0.2) is 60.8 Å². The fourth-order valence-electron chi connectivity index (χ4n) is 4.68. The Kier molecular flexibility index (Phi) is 10.4. The molecule has 1 aromatic heterocycles. The maximum absolute atomic E-state index is 13.9. The number of nitrogens with zero attached hydrogens (tertiary/aromatic N) is 2. The van der Waals surface area contributed by atoms with Crippen LogP contribution in [-0.2, 0) is 25.6 Å². The Bertz CT molecular complexity index is 1470. The predicted molar refractivity (Wildman–Crippen MR) is 159 cm³/mol. The largest absolute Gasteiger partial charge is 0.447 e. The number of hydrogen-bond donors (Lipinski definition) is 2. The molecule has 0 aliphatic carbocycles. The number of carbonyl (C=O) groups is 4. The van der Waals surface area contributed by atoms with Crippen LogP contribution >= 0.6 is 34.8 Å². The first kappa shape index (κ1) is 32.4. The lowest BCUT2D eigenvalue weighted by Crippen LogP contribution is -2.49. The van der Waals surface area contributed by atoms with Crippen molar-refractivity contribution >= 4 is 69.9 Å². The summed E-state index contributed by atoms with van der Waals surface area (Å²) in [7, 11) is 0.